The monoisotopic (exact) mass is 324 g/mol. The first-order chi connectivity index (χ1) is 8.01. The molecular weight excluding hydrogens is 309 g/mol. The third-order valence-corrected chi connectivity index (χ3v) is 3.53. The highest BCUT2D eigenvalue weighted by atomic mass is 79.9. The second kappa shape index (κ2) is 5.21. The topological polar surface area (TPSA) is 20.2 Å². The maximum atomic E-state index is 12.5. The Morgan fingerprint density at radius 1 is 1.22 bits per heavy atom. The molecule has 0 heterocycles. The molecule has 1 N–H and O–H groups in total. The van der Waals surface area contributed by atoms with Crippen molar-refractivity contribution < 1.29 is 18.3 Å². The lowest BCUT2D eigenvalue weighted by Crippen LogP contribution is -2.28. The van der Waals surface area contributed by atoms with E-state index in [4.69, 9.17) is 0 Å². The standard InChI is InChI=1S/C13H16BrF3O/c1-12(2,3)11(18)6-8-4-5-9(7-10(8)14)13(15,16)17/h4-5,7,11,18H,6H2,1-3H3. The third-order valence-electron chi connectivity index (χ3n) is 2.79. The molecule has 1 nitrogen and oxygen atoms in total. The summed E-state index contributed by atoms with van der Waals surface area (Å²) in [5.41, 5.74) is -0.323. The van der Waals surface area contributed by atoms with Gasteiger partial charge in [0.25, 0.3) is 0 Å². The fourth-order valence-electron chi connectivity index (χ4n) is 1.40. The van der Waals surface area contributed by atoms with E-state index in [1.807, 2.05) is 20.8 Å². The van der Waals surface area contributed by atoms with E-state index in [0.717, 1.165) is 12.1 Å². The quantitative estimate of drug-likeness (QED) is 0.853. The number of aliphatic hydroxyl groups is 1. The van der Waals surface area contributed by atoms with Gasteiger partial charge in [0.1, 0.15) is 0 Å². The van der Waals surface area contributed by atoms with Gasteiger partial charge >= 0.3 is 6.18 Å². The SMILES string of the molecule is CC(C)(C)C(O)Cc1ccc(C(F)(F)F)cc1Br. The molecule has 0 aliphatic heterocycles. The van der Waals surface area contributed by atoms with Crippen LogP contribution in [0.15, 0.2) is 22.7 Å². The van der Waals surface area contributed by atoms with Crippen LogP contribution in [0.25, 0.3) is 0 Å². The summed E-state index contributed by atoms with van der Waals surface area (Å²) in [7, 11) is 0. The van der Waals surface area contributed by atoms with Crippen LogP contribution in [0.2, 0.25) is 0 Å². The summed E-state index contributed by atoms with van der Waals surface area (Å²) in [5.74, 6) is 0. The average molecular weight is 325 g/mol. The largest absolute Gasteiger partial charge is 0.416 e. The highest BCUT2D eigenvalue weighted by molar-refractivity contribution is 9.10. The van der Waals surface area contributed by atoms with E-state index >= 15 is 0 Å². The summed E-state index contributed by atoms with van der Waals surface area (Å²) < 4.78 is 37.8. The van der Waals surface area contributed by atoms with Gasteiger partial charge in [0.2, 0.25) is 0 Å². The fourth-order valence-corrected chi connectivity index (χ4v) is 1.94. The van der Waals surface area contributed by atoms with E-state index < -0.39 is 17.8 Å². The molecule has 0 saturated carbocycles. The zero-order valence-corrected chi connectivity index (χ0v) is 12.1. The van der Waals surface area contributed by atoms with Crippen LogP contribution in [-0.2, 0) is 12.6 Å². The number of alkyl halides is 3. The van der Waals surface area contributed by atoms with Crippen LogP contribution in [0.4, 0.5) is 13.2 Å². The van der Waals surface area contributed by atoms with E-state index in [-0.39, 0.29) is 5.41 Å². The van der Waals surface area contributed by atoms with E-state index in [1.54, 1.807) is 0 Å². The predicted octanol–water partition coefficient (Wildman–Crippen LogP) is 4.42. The molecule has 0 aliphatic rings. The molecular formula is C13H16BrF3O. The van der Waals surface area contributed by atoms with Crippen LogP contribution in [0, 0.1) is 5.41 Å². The Bertz CT molecular complexity index is 421. The molecule has 0 aromatic heterocycles. The first-order valence-electron chi connectivity index (χ1n) is 5.55. The van der Waals surface area contributed by atoms with Gasteiger partial charge in [0, 0.05) is 4.47 Å². The van der Waals surface area contributed by atoms with E-state index in [1.165, 1.54) is 6.07 Å². The molecule has 0 bridgehead atoms. The summed E-state index contributed by atoms with van der Waals surface area (Å²) >= 11 is 3.12. The maximum absolute atomic E-state index is 12.5. The van der Waals surface area contributed by atoms with Crippen molar-refractivity contribution in [2.75, 3.05) is 0 Å². The minimum Gasteiger partial charge on any atom is -0.392 e. The number of rotatable bonds is 2. The van der Waals surface area contributed by atoms with Crippen LogP contribution in [0.5, 0.6) is 0 Å². The van der Waals surface area contributed by atoms with Crippen LogP contribution < -0.4 is 0 Å². The van der Waals surface area contributed by atoms with Gasteiger partial charge in [-0.2, -0.15) is 13.2 Å². The Kier molecular flexibility index (Phi) is 4.49. The molecule has 1 aromatic rings. The number of aliphatic hydroxyl groups excluding tert-OH is 1. The van der Waals surface area contributed by atoms with Gasteiger partial charge in [0.05, 0.1) is 11.7 Å². The number of hydrogen-bond acceptors (Lipinski definition) is 1. The first-order valence-corrected chi connectivity index (χ1v) is 6.35. The first kappa shape index (κ1) is 15.5. The minimum atomic E-state index is -4.34. The van der Waals surface area contributed by atoms with E-state index in [9.17, 15) is 18.3 Å². The number of halogens is 4. The van der Waals surface area contributed by atoms with Crippen molar-refractivity contribution in [1.82, 2.24) is 0 Å². The molecule has 0 radical (unpaired) electrons. The van der Waals surface area contributed by atoms with Crippen LogP contribution in [0.1, 0.15) is 31.9 Å². The summed E-state index contributed by atoms with van der Waals surface area (Å²) in [5, 5.41) is 9.95. The summed E-state index contributed by atoms with van der Waals surface area (Å²) in [6.45, 7) is 5.65. The Balaban J connectivity index is 2.94. The second-order valence-electron chi connectivity index (χ2n) is 5.39. The fraction of sp³-hybridized carbons (Fsp3) is 0.538. The van der Waals surface area contributed by atoms with Crippen molar-refractivity contribution in [2.24, 2.45) is 5.41 Å². The van der Waals surface area contributed by atoms with Gasteiger partial charge in [-0.3, -0.25) is 0 Å². The van der Waals surface area contributed by atoms with E-state index in [2.05, 4.69) is 15.9 Å². The Hall–Kier alpha value is -0.550. The average Bonchev–Trinajstić information content (AvgIpc) is 2.17. The highest BCUT2D eigenvalue weighted by Gasteiger charge is 2.31. The van der Waals surface area contributed by atoms with Crippen molar-refractivity contribution in [3.05, 3.63) is 33.8 Å². The smallest absolute Gasteiger partial charge is 0.392 e. The van der Waals surface area contributed by atoms with Crippen molar-refractivity contribution >= 4 is 15.9 Å². The lowest BCUT2D eigenvalue weighted by atomic mass is 9.85. The molecule has 1 atom stereocenters. The van der Waals surface area contributed by atoms with Crippen LogP contribution >= 0.6 is 15.9 Å². The van der Waals surface area contributed by atoms with Gasteiger partial charge in [-0.1, -0.05) is 42.8 Å². The summed E-state index contributed by atoms with van der Waals surface area (Å²) in [6.07, 6.45) is -4.63. The molecule has 0 amide bonds. The molecule has 5 heteroatoms. The van der Waals surface area contributed by atoms with Gasteiger partial charge in [-0.15, -0.1) is 0 Å². The molecule has 1 unspecified atom stereocenters. The lowest BCUT2D eigenvalue weighted by molar-refractivity contribution is -0.137. The van der Waals surface area contributed by atoms with Crippen LogP contribution in [-0.4, -0.2) is 11.2 Å². The Labute approximate surface area is 113 Å². The highest BCUT2D eigenvalue weighted by Crippen LogP contribution is 2.33. The number of benzene rings is 1. The van der Waals surface area contributed by atoms with Crippen molar-refractivity contribution in [3.63, 3.8) is 0 Å². The van der Waals surface area contributed by atoms with Crippen molar-refractivity contribution in [1.29, 1.82) is 0 Å². The van der Waals surface area contributed by atoms with Crippen LogP contribution in [0.3, 0.4) is 0 Å². The molecule has 18 heavy (non-hydrogen) atoms. The maximum Gasteiger partial charge on any atom is 0.416 e. The summed E-state index contributed by atoms with van der Waals surface area (Å²) in [4.78, 5) is 0. The predicted molar refractivity (Wildman–Crippen MR) is 68.3 cm³/mol. The zero-order chi connectivity index (χ0) is 14.1. The van der Waals surface area contributed by atoms with Crippen molar-refractivity contribution in [2.45, 2.75) is 39.5 Å². The van der Waals surface area contributed by atoms with E-state index in [0.29, 0.717) is 16.5 Å². The molecule has 1 rings (SSSR count). The molecule has 102 valence electrons. The number of hydrogen-bond donors (Lipinski definition) is 1. The molecule has 0 aliphatic carbocycles. The summed E-state index contributed by atoms with van der Waals surface area (Å²) in [6, 6.07) is 3.49. The third kappa shape index (κ3) is 3.99. The zero-order valence-electron chi connectivity index (χ0n) is 10.5. The lowest BCUT2D eigenvalue weighted by Gasteiger charge is -2.26. The second-order valence-corrected chi connectivity index (χ2v) is 6.24. The Morgan fingerprint density at radius 3 is 2.17 bits per heavy atom. The minimum absolute atomic E-state index is 0.303. The molecule has 0 spiro atoms. The Morgan fingerprint density at radius 2 is 1.78 bits per heavy atom. The van der Waals surface area contributed by atoms with Gasteiger partial charge < -0.3 is 5.11 Å². The van der Waals surface area contributed by atoms with Gasteiger partial charge in [-0.25, -0.2) is 0 Å². The van der Waals surface area contributed by atoms with Gasteiger partial charge in [-0.05, 0) is 29.5 Å². The normalized spacial score (nSPS) is 14.7. The van der Waals surface area contributed by atoms with Crippen molar-refractivity contribution in [3.8, 4) is 0 Å². The molecule has 1 aromatic carbocycles. The van der Waals surface area contributed by atoms with Gasteiger partial charge in [0.15, 0.2) is 0 Å². The molecule has 0 fully saturated rings. The molecule has 0 saturated heterocycles.